The summed E-state index contributed by atoms with van der Waals surface area (Å²) in [6.45, 7) is 0. The van der Waals surface area contributed by atoms with Crippen LogP contribution in [-0.2, 0) is 17.8 Å². The average molecular weight is 365 g/mol. The van der Waals surface area contributed by atoms with Gasteiger partial charge in [-0.15, -0.1) is 11.6 Å². The Kier molecular flexibility index (Phi) is 25.3. The fourth-order valence-corrected chi connectivity index (χ4v) is 2.92. The third-order valence-electron chi connectivity index (χ3n) is 1.55. The predicted molar refractivity (Wildman–Crippen MR) is 78.3 cm³/mol. The zero-order valence-electron chi connectivity index (χ0n) is 9.42. The standard InChI is InChI=1S/C6H15ClO3Si.Ca.Mg.H3O4P.4H/c1-8-11(9-2,10-3)6-4-5-7;;;1-5(2,3)4;;;;/h4-6H2,1-3H3;;;(H3,1,2,3,4);;;;. The van der Waals surface area contributed by atoms with Crippen LogP contribution in [-0.4, -0.2) is 111 Å². The summed E-state index contributed by atoms with van der Waals surface area (Å²) in [4.78, 5) is 21.6. The Morgan fingerprint density at radius 2 is 1.39 bits per heavy atom. The van der Waals surface area contributed by atoms with Gasteiger partial charge in [0.15, 0.2) is 0 Å². The topological polar surface area (TPSA) is 105 Å². The largest absolute Gasteiger partial charge is 0.316 e. The SMILES string of the molecule is CO[Si](CCCCl)(OC)OC.O=P(O)(O)O.[CaH2].[MgH2]. The van der Waals surface area contributed by atoms with Crippen LogP contribution in [0.4, 0.5) is 0 Å². The van der Waals surface area contributed by atoms with Gasteiger partial charge in [-0.1, -0.05) is 0 Å². The molecule has 18 heavy (non-hydrogen) atoms. The molecule has 0 aromatic carbocycles. The molecule has 7 nitrogen and oxygen atoms in total. The monoisotopic (exact) mass is 364 g/mol. The Hall–Kier alpha value is 2.52. The molecular weight excluding hydrogens is 343 g/mol. The summed E-state index contributed by atoms with van der Waals surface area (Å²) in [7, 11) is -2.15. The summed E-state index contributed by atoms with van der Waals surface area (Å²) in [6, 6.07) is 0.778. The van der Waals surface area contributed by atoms with Gasteiger partial charge in [-0.3, -0.25) is 0 Å². The molecular formula is C6H22CaClMgO7PSi. The second-order valence-corrected chi connectivity index (χ2v) is 7.10. The summed E-state index contributed by atoms with van der Waals surface area (Å²) < 4.78 is 24.4. The van der Waals surface area contributed by atoms with Crippen molar-refractivity contribution in [3.05, 3.63) is 0 Å². The van der Waals surface area contributed by atoms with E-state index in [4.69, 9.17) is 44.1 Å². The van der Waals surface area contributed by atoms with Crippen molar-refractivity contribution in [2.75, 3.05) is 27.2 Å². The van der Waals surface area contributed by atoms with Crippen molar-refractivity contribution in [2.45, 2.75) is 12.5 Å². The van der Waals surface area contributed by atoms with Gasteiger partial charge in [0.25, 0.3) is 0 Å². The summed E-state index contributed by atoms with van der Waals surface area (Å²) in [5.41, 5.74) is 0. The fourth-order valence-electron chi connectivity index (χ4n) is 0.840. The van der Waals surface area contributed by atoms with E-state index in [1.165, 1.54) is 0 Å². The van der Waals surface area contributed by atoms with Crippen LogP contribution in [0.15, 0.2) is 0 Å². The molecule has 0 bridgehead atoms. The maximum absolute atomic E-state index is 8.88. The molecule has 0 atom stereocenters. The minimum atomic E-state index is -4.64. The first kappa shape index (κ1) is 28.7. The normalized spacial score (nSPS) is 10.6. The van der Waals surface area contributed by atoms with Gasteiger partial charge in [0.05, 0.1) is 0 Å². The molecule has 0 spiro atoms. The quantitative estimate of drug-likeness (QED) is 0.306. The first-order chi connectivity index (χ1) is 7.24. The van der Waals surface area contributed by atoms with Crippen molar-refractivity contribution in [1.29, 1.82) is 0 Å². The molecule has 0 radical (unpaired) electrons. The van der Waals surface area contributed by atoms with E-state index in [1.54, 1.807) is 21.3 Å². The van der Waals surface area contributed by atoms with Crippen molar-refractivity contribution in [3.63, 3.8) is 0 Å². The summed E-state index contributed by atoms with van der Waals surface area (Å²) in [5, 5.41) is 0. The van der Waals surface area contributed by atoms with Crippen LogP contribution in [0.2, 0.25) is 6.04 Å². The fraction of sp³-hybridized carbons (Fsp3) is 1.00. The molecule has 0 fully saturated rings. The number of alkyl halides is 1. The molecule has 0 saturated heterocycles. The molecule has 0 saturated carbocycles. The maximum Gasteiger partial charge on any atom is 0.316 e. The molecule has 0 amide bonds. The van der Waals surface area contributed by atoms with Gasteiger partial charge >= 0.3 is 77.4 Å². The second-order valence-electron chi connectivity index (χ2n) is 2.60. The van der Waals surface area contributed by atoms with Crippen LogP contribution in [0, 0.1) is 0 Å². The number of rotatable bonds is 6. The Labute approximate surface area is 159 Å². The Bertz CT molecular complexity index is 202. The van der Waals surface area contributed by atoms with E-state index in [-0.39, 0.29) is 60.8 Å². The van der Waals surface area contributed by atoms with Crippen molar-refractivity contribution < 1.29 is 32.5 Å². The molecule has 0 unspecified atom stereocenters. The van der Waals surface area contributed by atoms with E-state index in [1.807, 2.05) is 0 Å². The van der Waals surface area contributed by atoms with Gasteiger partial charge in [0, 0.05) is 33.3 Å². The third kappa shape index (κ3) is 20.8. The molecule has 0 aromatic heterocycles. The zero-order chi connectivity index (χ0) is 13.2. The Morgan fingerprint density at radius 3 is 1.56 bits per heavy atom. The van der Waals surface area contributed by atoms with E-state index >= 15 is 0 Å². The molecule has 3 N–H and O–H groups in total. The van der Waals surface area contributed by atoms with Crippen molar-refractivity contribution >= 4 is 89.0 Å². The molecule has 0 rings (SSSR count). The van der Waals surface area contributed by atoms with Gasteiger partial charge < -0.3 is 28.0 Å². The van der Waals surface area contributed by atoms with E-state index < -0.39 is 16.6 Å². The van der Waals surface area contributed by atoms with Crippen LogP contribution in [0.3, 0.4) is 0 Å². The van der Waals surface area contributed by atoms with E-state index in [2.05, 4.69) is 0 Å². The van der Waals surface area contributed by atoms with Crippen molar-refractivity contribution in [2.24, 2.45) is 0 Å². The van der Waals surface area contributed by atoms with Crippen LogP contribution in [0.5, 0.6) is 0 Å². The van der Waals surface area contributed by atoms with E-state index in [0.29, 0.717) is 5.88 Å². The maximum atomic E-state index is 8.88. The summed E-state index contributed by atoms with van der Waals surface area (Å²) in [6.07, 6.45) is 0.864. The average Bonchev–Trinajstić information content (AvgIpc) is 2.19. The smallest absolute Gasteiger partial charge is 0.316 e. The summed E-state index contributed by atoms with van der Waals surface area (Å²) >= 11 is 5.53. The predicted octanol–water partition coefficient (Wildman–Crippen LogP) is -1.27. The number of hydrogen-bond acceptors (Lipinski definition) is 4. The molecule has 0 aliphatic carbocycles. The van der Waals surface area contributed by atoms with Gasteiger partial charge in [-0.2, -0.15) is 0 Å². The van der Waals surface area contributed by atoms with Crippen molar-refractivity contribution in [1.82, 2.24) is 0 Å². The van der Waals surface area contributed by atoms with Gasteiger partial charge in [0.1, 0.15) is 0 Å². The van der Waals surface area contributed by atoms with Crippen molar-refractivity contribution in [3.8, 4) is 0 Å². The molecule has 0 aliphatic rings. The zero-order valence-corrected chi connectivity index (χ0v) is 12.1. The minimum absolute atomic E-state index is 0. The van der Waals surface area contributed by atoms with Crippen LogP contribution in [0.1, 0.15) is 6.42 Å². The number of phosphoric acid groups is 1. The number of hydrogen-bond donors (Lipinski definition) is 3. The third-order valence-corrected chi connectivity index (χ3v) is 4.65. The first-order valence-corrected chi connectivity index (χ1v) is 8.27. The molecule has 12 heteroatoms. The van der Waals surface area contributed by atoms with Crippen LogP contribution in [0.25, 0.3) is 0 Å². The minimum Gasteiger partial charge on any atom is 0.316 e. The Balaban J connectivity index is -0.000000122. The molecule has 0 aliphatic heterocycles. The molecule has 0 aromatic rings. The van der Waals surface area contributed by atoms with Gasteiger partial charge in [0.2, 0.25) is 0 Å². The van der Waals surface area contributed by atoms with Gasteiger partial charge in [-0.25, -0.2) is 4.57 Å². The molecule has 108 valence electrons. The summed E-state index contributed by atoms with van der Waals surface area (Å²) in [5.74, 6) is 0.616. The van der Waals surface area contributed by atoms with Crippen LogP contribution >= 0.6 is 19.4 Å². The van der Waals surface area contributed by atoms with E-state index in [9.17, 15) is 0 Å². The van der Waals surface area contributed by atoms with Crippen LogP contribution < -0.4 is 0 Å². The Morgan fingerprint density at radius 1 is 1.11 bits per heavy atom. The van der Waals surface area contributed by atoms with E-state index in [0.717, 1.165) is 12.5 Å². The second kappa shape index (κ2) is 15.9. The van der Waals surface area contributed by atoms with Gasteiger partial charge in [-0.05, 0) is 6.42 Å². The molecule has 0 heterocycles. The number of halogens is 1. The first-order valence-electron chi connectivity index (χ1n) is 4.24.